The third-order valence-corrected chi connectivity index (χ3v) is 8.58. The maximum Gasteiger partial charge on any atom is 0.264 e. The molecule has 0 aliphatic carbocycles. The monoisotopic (exact) mass is 570 g/mol. The lowest BCUT2D eigenvalue weighted by Gasteiger charge is -2.26. The Morgan fingerprint density at radius 1 is 0.927 bits per heavy atom. The molecule has 0 fully saturated rings. The zero-order valence-corrected chi connectivity index (χ0v) is 24.9. The van der Waals surface area contributed by atoms with E-state index in [0.717, 1.165) is 22.3 Å². The fraction of sp³-hybridized carbons (Fsp3) is 0.281. The predicted octanol–water partition coefficient (Wildman–Crippen LogP) is 6.06. The van der Waals surface area contributed by atoms with Crippen LogP contribution in [0.25, 0.3) is 11.3 Å². The van der Waals surface area contributed by atoms with Gasteiger partial charge in [0, 0.05) is 24.2 Å². The van der Waals surface area contributed by atoms with Gasteiger partial charge in [0.15, 0.2) is 0 Å². The van der Waals surface area contributed by atoms with Crippen molar-refractivity contribution in [1.82, 2.24) is 14.9 Å². The first-order valence-electron chi connectivity index (χ1n) is 13.4. The smallest absolute Gasteiger partial charge is 0.264 e. The summed E-state index contributed by atoms with van der Waals surface area (Å²) in [6, 6.07) is 21.7. The number of nitrogens with zero attached hydrogens (tertiary/aromatic N) is 3. The summed E-state index contributed by atoms with van der Waals surface area (Å²) in [5.74, 6) is -0.256. The summed E-state index contributed by atoms with van der Waals surface area (Å²) in [6.45, 7) is 10.6. The van der Waals surface area contributed by atoms with Gasteiger partial charge in [0.2, 0.25) is 11.8 Å². The minimum Gasteiger partial charge on any atom is -0.467 e. The number of anilines is 1. The minimum absolute atomic E-state index is 0.0269. The fourth-order valence-electron chi connectivity index (χ4n) is 4.96. The van der Waals surface area contributed by atoms with E-state index in [4.69, 9.17) is 4.74 Å². The van der Waals surface area contributed by atoms with Crippen molar-refractivity contribution in [3.63, 3.8) is 0 Å². The summed E-state index contributed by atoms with van der Waals surface area (Å²) < 4.78 is 35.8. The Morgan fingerprint density at radius 2 is 1.59 bits per heavy atom. The highest BCUT2D eigenvalue weighted by molar-refractivity contribution is 7.92. The van der Waals surface area contributed by atoms with Gasteiger partial charge in [0.05, 0.1) is 17.1 Å². The second-order valence-electron chi connectivity index (χ2n) is 11.5. The number of ether oxygens (including phenoxy) is 1. The van der Waals surface area contributed by atoms with E-state index < -0.39 is 16.1 Å². The molecule has 1 amide bonds. The Balaban J connectivity index is 1.69. The highest BCUT2D eigenvalue weighted by atomic mass is 32.2. The molecule has 0 saturated heterocycles. The summed E-state index contributed by atoms with van der Waals surface area (Å²) in [4.78, 5) is 23.9. The first-order chi connectivity index (χ1) is 19.3. The average Bonchev–Trinajstić information content (AvgIpc) is 2.91. The van der Waals surface area contributed by atoms with Crippen molar-refractivity contribution in [3.05, 3.63) is 101 Å². The highest BCUT2D eigenvalue weighted by Crippen LogP contribution is 2.32. The molecule has 1 aliphatic rings. The van der Waals surface area contributed by atoms with E-state index in [9.17, 15) is 13.2 Å². The van der Waals surface area contributed by atoms with E-state index in [2.05, 4.69) is 47.6 Å². The lowest BCUT2D eigenvalue weighted by atomic mass is 9.86. The number of benzene rings is 3. The van der Waals surface area contributed by atoms with Crippen LogP contribution in [0.5, 0.6) is 5.88 Å². The molecule has 1 aromatic heterocycles. The van der Waals surface area contributed by atoms with Gasteiger partial charge in [-0.3, -0.25) is 4.79 Å². The fourth-order valence-corrected chi connectivity index (χ4v) is 5.95. The molecule has 41 heavy (non-hydrogen) atoms. The van der Waals surface area contributed by atoms with E-state index in [0.29, 0.717) is 5.69 Å². The number of likely N-dealkylation sites (N-methyl/N-ethyl adjacent to an activating group) is 1. The van der Waals surface area contributed by atoms with Crippen molar-refractivity contribution >= 4 is 21.9 Å². The van der Waals surface area contributed by atoms with Crippen molar-refractivity contribution in [1.29, 1.82) is 0 Å². The molecule has 1 unspecified atom stereocenters. The maximum atomic E-state index is 13.4. The van der Waals surface area contributed by atoms with Gasteiger partial charge < -0.3 is 9.64 Å². The SMILES string of the molecule is Cc1cccc(C)c1-c1cc2nc(n1)NS(=O)(=O)c1cccc(c1)C(=O)N(C)CC(c1ccc(C(C)(C)C)cc1)O2. The molecule has 0 saturated carbocycles. The number of aromatic nitrogens is 2. The normalized spacial score (nSPS) is 17.0. The molecule has 1 aliphatic heterocycles. The Morgan fingerprint density at radius 3 is 2.24 bits per heavy atom. The number of carbonyl (C=O) groups is 1. The van der Waals surface area contributed by atoms with E-state index in [1.807, 2.05) is 44.2 Å². The Bertz CT molecular complexity index is 1710. The van der Waals surface area contributed by atoms with Crippen LogP contribution in [-0.4, -0.2) is 42.8 Å². The molecular formula is C32H34N4O4S. The van der Waals surface area contributed by atoms with Gasteiger partial charge in [0.1, 0.15) is 6.10 Å². The van der Waals surface area contributed by atoms with Gasteiger partial charge in [-0.05, 0) is 59.7 Å². The molecule has 4 aromatic rings. The molecule has 5 rings (SSSR count). The van der Waals surface area contributed by atoms with Crippen LogP contribution in [-0.2, 0) is 15.4 Å². The van der Waals surface area contributed by atoms with E-state index in [1.54, 1.807) is 25.2 Å². The number of aryl methyl sites for hydroxylation is 2. The van der Waals surface area contributed by atoms with Crippen molar-refractivity contribution < 1.29 is 17.9 Å². The second kappa shape index (κ2) is 10.6. The van der Waals surface area contributed by atoms with Crippen LogP contribution in [0.1, 0.15) is 59.5 Å². The lowest BCUT2D eigenvalue weighted by Crippen LogP contribution is -2.33. The number of fused-ring (bicyclic) bond motifs is 4. The van der Waals surface area contributed by atoms with Crippen molar-refractivity contribution in [2.45, 2.75) is 51.0 Å². The van der Waals surface area contributed by atoms with Crippen LogP contribution in [0, 0.1) is 13.8 Å². The molecule has 2 heterocycles. The van der Waals surface area contributed by atoms with Crippen molar-refractivity contribution in [3.8, 4) is 17.1 Å². The summed E-state index contributed by atoms with van der Waals surface area (Å²) >= 11 is 0. The number of rotatable bonds is 2. The molecule has 212 valence electrons. The first kappa shape index (κ1) is 28.3. The number of carbonyl (C=O) groups excluding carboxylic acids is 1. The minimum atomic E-state index is -4.10. The topological polar surface area (TPSA) is 101 Å². The number of nitrogens with one attached hydrogen (secondary N) is 1. The molecule has 0 radical (unpaired) electrons. The van der Waals surface area contributed by atoms with E-state index in [1.165, 1.54) is 22.6 Å². The van der Waals surface area contributed by atoms with Gasteiger partial charge in [0.25, 0.3) is 15.9 Å². The van der Waals surface area contributed by atoms with Gasteiger partial charge >= 0.3 is 0 Å². The summed E-state index contributed by atoms with van der Waals surface area (Å²) in [7, 11) is -2.43. The Hall–Kier alpha value is -4.24. The molecular weight excluding hydrogens is 536 g/mol. The van der Waals surface area contributed by atoms with E-state index >= 15 is 0 Å². The third kappa shape index (κ3) is 5.95. The van der Waals surface area contributed by atoms with Crippen LogP contribution >= 0.6 is 0 Å². The maximum absolute atomic E-state index is 13.4. The van der Waals surface area contributed by atoms with Crippen LogP contribution in [0.2, 0.25) is 0 Å². The number of hydrogen-bond donors (Lipinski definition) is 1. The molecule has 4 bridgehead atoms. The summed E-state index contributed by atoms with van der Waals surface area (Å²) in [5, 5.41) is 0. The third-order valence-electron chi connectivity index (χ3n) is 7.25. The zero-order chi connectivity index (χ0) is 29.5. The average molecular weight is 571 g/mol. The van der Waals surface area contributed by atoms with Gasteiger partial charge in [-0.25, -0.2) is 18.1 Å². The van der Waals surface area contributed by atoms with E-state index in [-0.39, 0.29) is 40.2 Å². The van der Waals surface area contributed by atoms with Crippen molar-refractivity contribution in [2.24, 2.45) is 0 Å². The van der Waals surface area contributed by atoms with Crippen molar-refractivity contribution in [2.75, 3.05) is 18.3 Å². The van der Waals surface area contributed by atoms with Crippen LogP contribution in [0.3, 0.4) is 0 Å². The van der Waals surface area contributed by atoms with Gasteiger partial charge in [-0.1, -0.05) is 69.3 Å². The second-order valence-corrected chi connectivity index (χ2v) is 13.2. The van der Waals surface area contributed by atoms with Gasteiger partial charge in [-0.15, -0.1) is 0 Å². The van der Waals surface area contributed by atoms with Crippen LogP contribution < -0.4 is 9.46 Å². The zero-order valence-electron chi connectivity index (χ0n) is 24.1. The van der Waals surface area contributed by atoms with Crippen LogP contribution in [0.15, 0.2) is 77.7 Å². The number of hydrogen-bond acceptors (Lipinski definition) is 6. The Labute approximate surface area is 241 Å². The molecule has 0 spiro atoms. The Kier molecular flexibility index (Phi) is 7.33. The van der Waals surface area contributed by atoms with Gasteiger partial charge in [-0.2, -0.15) is 4.98 Å². The largest absolute Gasteiger partial charge is 0.467 e. The standard InChI is InChI=1S/C32H34N4O4S/c1-20-9-7-10-21(2)29(20)26-18-28-34-31(33-26)35-41(38,39)25-12-8-11-23(17-25)30(37)36(6)19-27(40-28)22-13-15-24(16-14-22)32(3,4)5/h7-18,27H,19H2,1-6H3,(H,33,34,35). The molecule has 1 atom stereocenters. The number of sulfonamides is 1. The molecule has 8 nitrogen and oxygen atoms in total. The summed E-state index contributed by atoms with van der Waals surface area (Å²) in [5.41, 5.74) is 5.60. The first-order valence-corrected chi connectivity index (χ1v) is 14.9. The summed E-state index contributed by atoms with van der Waals surface area (Å²) in [6.07, 6.45) is -0.591. The highest BCUT2D eigenvalue weighted by Gasteiger charge is 2.26. The molecule has 9 heteroatoms. The molecule has 1 N–H and O–H groups in total. The van der Waals surface area contributed by atoms with Crippen LogP contribution in [0.4, 0.5) is 5.95 Å². The number of amides is 1. The lowest BCUT2D eigenvalue weighted by molar-refractivity contribution is 0.0706. The molecule has 3 aromatic carbocycles. The quantitative estimate of drug-likeness (QED) is 0.314. The predicted molar refractivity (Wildman–Crippen MR) is 160 cm³/mol.